The highest BCUT2D eigenvalue weighted by Gasteiger charge is 2.30. The van der Waals surface area contributed by atoms with Gasteiger partial charge in [-0.3, -0.25) is 4.79 Å². The molecule has 0 spiro atoms. The fourth-order valence-corrected chi connectivity index (χ4v) is 3.17. The lowest BCUT2D eigenvalue weighted by atomic mass is 10.1. The van der Waals surface area contributed by atoms with Gasteiger partial charge in [0.1, 0.15) is 11.3 Å². The van der Waals surface area contributed by atoms with Gasteiger partial charge >= 0.3 is 6.18 Å². The lowest BCUT2D eigenvalue weighted by molar-refractivity contribution is -0.137. The second kappa shape index (κ2) is 8.23. The van der Waals surface area contributed by atoms with Gasteiger partial charge in [0.15, 0.2) is 5.65 Å². The quantitative estimate of drug-likeness (QED) is 0.621. The standard InChI is InChI=1S/C21H23F3N4O/c1-4-5-6-19-27-18-11-17(26-14(3)29)13(2)25-20(18)28(19)12-15-7-9-16(10-8-15)21(22,23)24/h7-11H,4-6,12H2,1-3H3,(H,26,29). The van der Waals surface area contributed by atoms with Crippen molar-refractivity contribution in [2.45, 2.75) is 52.8 Å². The SMILES string of the molecule is CCCCc1nc2cc(NC(C)=O)c(C)nc2n1Cc1ccc(C(F)(F)F)cc1. The van der Waals surface area contributed by atoms with Crippen LogP contribution in [0.4, 0.5) is 18.9 Å². The number of hydrogen-bond donors (Lipinski definition) is 1. The summed E-state index contributed by atoms with van der Waals surface area (Å²) in [6, 6.07) is 6.94. The number of carbonyl (C=O) groups is 1. The van der Waals surface area contributed by atoms with E-state index in [1.54, 1.807) is 13.0 Å². The zero-order chi connectivity index (χ0) is 21.2. The molecule has 3 rings (SSSR count). The fraction of sp³-hybridized carbons (Fsp3) is 0.381. The molecule has 3 aromatic rings. The first-order valence-corrected chi connectivity index (χ1v) is 9.49. The van der Waals surface area contributed by atoms with Gasteiger partial charge in [-0.25, -0.2) is 9.97 Å². The van der Waals surface area contributed by atoms with E-state index in [0.29, 0.717) is 29.1 Å². The molecule has 1 amide bonds. The number of aromatic nitrogens is 3. The second-order valence-corrected chi connectivity index (χ2v) is 7.06. The topological polar surface area (TPSA) is 59.8 Å². The number of halogens is 3. The number of aryl methyl sites for hydroxylation is 2. The number of carbonyl (C=O) groups excluding carboxylic acids is 1. The van der Waals surface area contributed by atoms with Crippen LogP contribution in [0.1, 0.15) is 49.3 Å². The number of benzene rings is 1. The molecule has 1 N–H and O–H groups in total. The lowest BCUT2D eigenvalue weighted by Crippen LogP contribution is -2.10. The molecule has 0 atom stereocenters. The number of unbranched alkanes of at least 4 members (excludes halogenated alkanes) is 1. The predicted octanol–water partition coefficient (Wildman–Crippen LogP) is 5.11. The van der Waals surface area contributed by atoms with Crippen LogP contribution >= 0.6 is 0 Å². The third kappa shape index (κ3) is 4.75. The van der Waals surface area contributed by atoms with Crippen LogP contribution in [0.5, 0.6) is 0 Å². The van der Waals surface area contributed by atoms with Gasteiger partial charge in [0.05, 0.1) is 23.5 Å². The number of fused-ring (bicyclic) bond motifs is 1. The number of nitrogens with zero attached hydrogens (tertiary/aromatic N) is 3. The molecule has 0 aliphatic heterocycles. The highest BCUT2D eigenvalue weighted by Crippen LogP contribution is 2.29. The van der Waals surface area contributed by atoms with Crippen molar-refractivity contribution in [3.05, 3.63) is 53.0 Å². The van der Waals surface area contributed by atoms with Gasteiger partial charge in [-0.15, -0.1) is 0 Å². The number of pyridine rings is 1. The first-order valence-electron chi connectivity index (χ1n) is 9.49. The molecule has 0 bridgehead atoms. The molecule has 154 valence electrons. The molecule has 0 radical (unpaired) electrons. The molecule has 5 nitrogen and oxygen atoms in total. The van der Waals surface area contributed by atoms with Gasteiger partial charge in [0.2, 0.25) is 5.91 Å². The zero-order valence-electron chi connectivity index (χ0n) is 16.6. The van der Waals surface area contributed by atoms with Crippen LogP contribution in [-0.2, 0) is 23.9 Å². The van der Waals surface area contributed by atoms with Crippen LogP contribution in [0, 0.1) is 6.92 Å². The number of amides is 1. The summed E-state index contributed by atoms with van der Waals surface area (Å²) >= 11 is 0. The smallest absolute Gasteiger partial charge is 0.325 e. The number of imidazole rings is 1. The maximum atomic E-state index is 12.8. The Morgan fingerprint density at radius 2 is 1.86 bits per heavy atom. The molecular formula is C21H23F3N4O. The highest BCUT2D eigenvalue weighted by atomic mass is 19.4. The Balaban J connectivity index is 2.02. The van der Waals surface area contributed by atoms with Gasteiger partial charge in [0, 0.05) is 13.3 Å². The van der Waals surface area contributed by atoms with E-state index in [2.05, 4.69) is 22.2 Å². The van der Waals surface area contributed by atoms with E-state index >= 15 is 0 Å². The molecule has 2 aromatic heterocycles. The van der Waals surface area contributed by atoms with Gasteiger partial charge in [-0.1, -0.05) is 25.5 Å². The second-order valence-electron chi connectivity index (χ2n) is 7.06. The molecular weight excluding hydrogens is 381 g/mol. The van der Waals surface area contributed by atoms with Gasteiger partial charge in [0.25, 0.3) is 0 Å². The third-order valence-corrected chi connectivity index (χ3v) is 4.68. The van der Waals surface area contributed by atoms with Crippen LogP contribution in [-0.4, -0.2) is 20.4 Å². The predicted molar refractivity (Wildman–Crippen MR) is 106 cm³/mol. The maximum absolute atomic E-state index is 12.8. The van der Waals surface area contributed by atoms with Crippen molar-refractivity contribution < 1.29 is 18.0 Å². The fourth-order valence-electron chi connectivity index (χ4n) is 3.17. The van der Waals surface area contributed by atoms with Crippen molar-refractivity contribution in [2.24, 2.45) is 0 Å². The van der Waals surface area contributed by atoms with E-state index in [-0.39, 0.29) is 5.91 Å². The average Bonchev–Trinajstić information content (AvgIpc) is 2.96. The van der Waals surface area contributed by atoms with E-state index in [0.717, 1.165) is 42.8 Å². The molecule has 29 heavy (non-hydrogen) atoms. The molecule has 1 aromatic carbocycles. The Kier molecular flexibility index (Phi) is 5.91. The van der Waals surface area contributed by atoms with E-state index < -0.39 is 11.7 Å². The van der Waals surface area contributed by atoms with Crippen molar-refractivity contribution >= 4 is 22.8 Å². The summed E-state index contributed by atoms with van der Waals surface area (Å²) in [6.07, 6.45) is -1.69. The van der Waals surface area contributed by atoms with Crippen LogP contribution in [0.15, 0.2) is 30.3 Å². The van der Waals surface area contributed by atoms with Gasteiger partial charge in [-0.05, 0) is 37.1 Å². The summed E-state index contributed by atoms with van der Waals surface area (Å²) < 4.78 is 40.4. The van der Waals surface area contributed by atoms with E-state index in [4.69, 9.17) is 0 Å². The number of hydrogen-bond acceptors (Lipinski definition) is 3. The van der Waals surface area contributed by atoms with Gasteiger partial charge in [-0.2, -0.15) is 13.2 Å². The van der Waals surface area contributed by atoms with E-state index in [9.17, 15) is 18.0 Å². The highest BCUT2D eigenvalue weighted by molar-refractivity contribution is 5.91. The van der Waals surface area contributed by atoms with Crippen LogP contribution < -0.4 is 5.32 Å². The number of nitrogens with one attached hydrogen (secondary N) is 1. The summed E-state index contributed by atoms with van der Waals surface area (Å²) in [5.74, 6) is 0.637. The van der Waals surface area contributed by atoms with Crippen molar-refractivity contribution in [1.29, 1.82) is 0 Å². The first kappa shape index (κ1) is 20.8. The molecule has 8 heteroatoms. The summed E-state index contributed by atoms with van der Waals surface area (Å²) in [7, 11) is 0. The van der Waals surface area contributed by atoms with Crippen molar-refractivity contribution in [3.8, 4) is 0 Å². The molecule has 0 unspecified atom stereocenters. The lowest BCUT2D eigenvalue weighted by Gasteiger charge is -2.11. The summed E-state index contributed by atoms with van der Waals surface area (Å²) in [5, 5.41) is 2.75. The van der Waals surface area contributed by atoms with E-state index in [1.165, 1.54) is 19.1 Å². The molecule has 2 heterocycles. The number of rotatable bonds is 6. The normalized spacial score (nSPS) is 11.8. The number of anilines is 1. The first-order chi connectivity index (χ1) is 13.7. The van der Waals surface area contributed by atoms with Crippen LogP contribution in [0.3, 0.4) is 0 Å². The summed E-state index contributed by atoms with van der Waals surface area (Å²) in [5.41, 5.74) is 2.63. The maximum Gasteiger partial charge on any atom is 0.416 e. The minimum atomic E-state index is -4.36. The Morgan fingerprint density at radius 1 is 1.17 bits per heavy atom. The molecule has 0 saturated heterocycles. The monoisotopic (exact) mass is 404 g/mol. The Morgan fingerprint density at radius 3 is 2.45 bits per heavy atom. The summed E-state index contributed by atoms with van der Waals surface area (Å²) in [6.45, 7) is 5.69. The minimum absolute atomic E-state index is 0.190. The van der Waals surface area contributed by atoms with Gasteiger partial charge < -0.3 is 9.88 Å². The molecule has 0 aliphatic carbocycles. The number of alkyl halides is 3. The van der Waals surface area contributed by atoms with Crippen molar-refractivity contribution in [2.75, 3.05) is 5.32 Å². The zero-order valence-corrected chi connectivity index (χ0v) is 16.6. The largest absolute Gasteiger partial charge is 0.416 e. The van der Waals surface area contributed by atoms with Crippen molar-refractivity contribution in [1.82, 2.24) is 14.5 Å². The molecule has 0 aliphatic rings. The minimum Gasteiger partial charge on any atom is -0.325 e. The van der Waals surface area contributed by atoms with E-state index in [1.807, 2.05) is 4.57 Å². The van der Waals surface area contributed by atoms with Crippen molar-refractivity contribution in [3.63, 3.8) is 0 Å². The van der Waals surface area contributed by atoms with Crippen LogP contribution in [0.2, 0.25) is 0 Å². The Bertz CT molecular complexity index is 1020. The Labute approximate surface area is 167 Å². The average molecular weight is 404 g/mol. The van der Waals surface area contributed by atoms with Crippen LogP contribution in [0.25, 0.3) is 11.2 Å². The Hall–Kier alpha value is -2.90. The molecule has 0 fully saturated rings. The summed E-state index contributed by atoms with van der Waals surface area (Å²) in [4.78, 5) is 20.7. The third-order valence-electron chi connectivity index (χ3n) is 4.68. The molecule has 0 saturated carbocycles.